The number of para-hydroxylation sites is 1. The highest BCUT2D eigenvalue weighted by Crippen LogP contribution is 2.23. The Hall–Kier alpha value is -1.87. The van der Waals surface area contributed by atoms with Gasteiger partial charge in [0, 0.05) is 6.08 Å². The fraction of sp³-hybridized carbons (Fsp3) is 0. The van der Waals surface area contributed by atoms with Crippen LogP contribution >= 0.6 is 15.9 Å². The molecule has 0 aliphatic rings. The van der Waals surface area contributed by atoms with Crippen molar-refractivity contribution < 1.29 is 9.53 Å². The molecule has 0 saturated carbocycles. The molecule has 2 aromatic carbocycles. The zero-order valence-electron chi connectivity index (χ0n) is 9.55. The van der Waals surface area contributed by atoms with Crippen molar-refractivity contribution in [1.29, 1.82) is 0 Å². The minimum absolute atomic E-state index is 0.397. The highest BCUT2D eigenvalue weighted by molar-refractivity contribution is 9.10. The number of benzene rings is 2. The van der Waals surface area contributed by atoms with Crippen LogP contribution in [0.1, 0.15) is 5.56 Å². The van der Waals surface area contributed by atoms with E-state index in [0.717, 1.165) is 10.0 Å². The second-order valence-corrected chi connectivity index (χ2v) is 4.45. The summed E-state index contributed by atoms with van der Waals surface area (Å²) in [5.41, 5.74) is 0.960. The normalized spacial score (nSPS) is 10.5. The Labute approximate surface area is 114 Å². The predicted octanol–water partition coefficient (Wildman–Crippen LogP) is 4.07. The van der Waals surface area contributed by atoms with E-state index in [1.165, 1.54) is 6.08 Å². The Morgan fingerprint density at radius 1 is 1.00 bits per heavy atom. The molecule has 0 aromatic heterocycles. The SMILES string of the molecule is O=C(C=Cc1ccccc1)Oc1ccccc1Br. The summed E-state index contributed by atoms with van der Waals surface area (Å²) >= 11 is 3.32. The van der Waals surface area contributed by atoms with Gasteiger partial charge in [0.1, 0.15) is 5.75 Å². The number of ether oxygens (including phenoxy) is 1. The Balaban J connectivity index is 2.02. The summed E-state index contributed by atoms with van der Waals surface area (Å²) in [5.74, 6) is 0.117. The first-order valence-electron chi connectivity index (χ1n) is 5.45. The number of esters is 1. The van der Waals surface area contributed by atoms with E-state index >= 15 is 0 Å². The highest BCUT2D eigenvalue weighted by Gasteiger charge is 2.03. The van der Waals surface area contributed by atoms with E-state index in [2.05, 4.69) is 15.9 Å². The van der Waals surface area contributed by atoms with Gasteiger partial charge in [-0.25, -0.2) is 4.79 Å². The summed E-state index contributed by atoms with van der Waals surface area (Å²) in [7, 11) is 0. The smallest absolute Gasteiger partial charge is 0.336 e. The van der Waals surface area contributed by atoms with Crippen LogP contribution in [0.25, 0.3) is 6.08 Å². The second kappa shape index (κ2) is 6.17. The molecule has 2 nitrogen and oxygen atoms in total. The zero-order valence-corrected chi connectivity index (χ0v) is 11.1. The van der Waals surface area contributed by atoms with Crippen molar-refractivity contribution in [2.24, 2.45) is 0 Å². The van der Waals surface area contributed by atoms with Crippen molar-refractivity contribution in [2.45, 2.75) is 0 Å². The maximum atomic E-state index is 11.6. The molecular formula is C15H11BrO2. The molecule has 0 aliphatic carbocycles. The van der Waals surface area contributed by atoms with E-state index in [0.29, 0.717) is 5.75 Å². The van der Waals surface area contributed by atoms with Gasteiger partial charge in [-0.1, -0.05) is 42.5 Å². The van der Waals surface area contributed by atoms with Crippen molar-refractivity contribution in [1.82, 2.24) is 0 Å². The van der Waals surface area contributed by atoms with Gasteiger partial charge < -0.3 is 4.74 Å². The first kappa shape index (κ1) is 12.6. The van der Waals surface area contributed by atoms with Crippen LogP contribution in [0.4, 0.5) is 0 Å². The van der Waals surface area contributed by atoms with Crippen LogP contribution < -0.4 is 4.74 Å². The van der Waals surface area contributed by atoms with Crippen molar-refractivity contribution in [3.05, 3.63) is 70.7 Å². The summed E-state index contributed by atoms with van der Waals surface area (Å²) in [4.78, 5) is 11.6. The highest BCUT2D eigenvalue weighted by atomic mass is 79.9. The Morgan fingerprint density at radius 2 is 1.67 bits per heavy atom. The minimum Gasteiger partial charge on any atom is -0.422 e. The molecule has 0 atom stereocenters. The number of hydrogen-bond acceptors (Lipinski definition) is 2. The topological polar surface area (TPSA) is 26.3 Å². The van der Waals surface area contributed by atoms with Gasteiger partial charge in [-0.3, -0.25) is 0 Å². The van der Waals surface area contributed by atoms with Crippen LogP contribution in [0, 0.1) is 0 Å². The molecule has 0 unspecified atom stereocenters. The van der Waals surface area contributed by atoms with Crippen molar-refractivity contribution in [2.75, 3.05) is 0 Å². The van der Waals surface area contributed by atoms with Crippen LogP contribution in [-0.2, 0) is 4.79 Å². The van der Waals surface area contributed by atoms with Crippen molar-refractivity contribution in [3.63, 3.8) is 0 Å². The lowest BCUT2D eigenvalue weighted by Crippen LogP contribution is -2.03. The third-order valence-corrected chi connectivity index (χ3v) is 2.91. The standard InChI is InChI=1S/C15H11BrO2/c16-13-8-4-5-9-14(13)18-15(17)11-10-12-6-2-1-3-7-12/h1-11H. The third-order valence-electron chi connectivity index (χ3n) is 2.26. The first-order chi connectivity index (χ1) is 8.75. The van der Waals surface area contributed by atoms with Gasteiger partial charge in [-0.2, -0.15) is 0 Å². The molecule has 0 fully saturated rings. The van der Waals surface area contributed by atoms with E-state index < -0.39 is 5.97 Å². The Morgan fingerprint density at radius 3 is 2.39 bits per heavy atom. The number of carbonyl (C=O) groups excluding carboxylic acids is 1. The summed E-state index contributed by atoms with van der Waals surface area (Å²) < 4.78 is 5.95. The van der Waals surface area contributed by atoms with Gasteiger partial charge in [-0.05, 0) is 39.7 Å². The molecule has 0 aliphatic heterocycles. The van der Waals surface area contributed by atoms with Crippen molar-refractivity contribution >= 4 is 28.0 Å². The molecule has 3 heteroatoms. The molecule has 0 N–H and O–H groups in total. The second-order valence-electron chi connectivity index (χ2n) is 3.60. The summed E-state index contributed by atoms with van der Waals surface area (Å²) in [6, 6.07) is 16.8. The number of hydrogen-bond donors (Lipinski definition) is 0. The lowest BCUT2D eigenvalue weighted by molar-refractivity contribution is -0.128. The minimum atomic E-state index is -0.397. The van der Waals surface area contributed by atoms with E-state index in [1.54, 1.807) is 12.1 Å². The average Bonchev–Trinajstić information content (AvgIpc) is 2.40. The van der Waals surface area contributed by atoms with E-state index in [1.807, 2.05) is 48.5 Å². The summed E-state index contributed by atoms with van der Waals surface area (Å²) in [6.07, 6.45) is 3.13. The quantitative estimate of drug-likeness (QED) is 0.485. The largest absolute Gasteiger partial charge is 0.422 e. The van der Waals surface area contributed by atoms with Crippen LogP contribution in [0.5, 0.6) is 5.75 Å². The molecule has 90 valence electrons. The van der Waals surface area contributed by atoms with E-state index in [4.69, 9.17) is 4.74 Å². The van der Waals surface area contributed by atoms with Gasteiger partial charge in [0.15, 0.2) is 0 Å². The molecule has 2 aromatic rings. The molecule has 18 heavy (non-hydrogen) atoms. The molecule has 0 heterocycles. The van der Waals surface area contributed by atoms with E-state index in [-0.39, 0.29) is 0 Å². The van der Waals surface area contributed by atoms with Gasteiger partial charge in [0.2, 0.25) is 0 Å². The molecule has 0 bridgehead atoms. The fourth-order valence-electron chi connectivity index (χ4n) is 1.40. The van der Waals surface area contributed by atoms with Gasteiger partial charge in [0.05, 0.1) is 4.47 Å². The predicted molar refractivity (Wildman–Crippen MR) is 75.3 cm³/mol. The van der Waals surface area contributed by atoms with Crippen molar-refractivity contribution in [3.8, 4) is 5.75 Å². The molecular weight excluding hydrogens is 292 g/mol. The fourth-order valence-corrected chi connectivity index (χ4v) is 1.76. The summed E-state index contributed by atoms with van der Waals surface area (Å²) in [5, 5.41) is 0. The molecule has 0 radical (unpaired) electrons. The van der Waals surface area contributed by atoms with E-state index in [9.17, 15) is 4.79 Å². The number of halogens is 1. The maximum Gasteiger partial charge on any atom is 0.336 e. The van der Waals surface area contributed by atoms with Crippen LogP contribution in [0.3, 0.4) is 0 Å². The van der Waals surface area contributed by atoms with Crippen LogP contribution in [0.2, 0.25) is 0 Å². The summed E-state index contributed by atoms with van der Waals surface area (Å²) in [6.45, 7) is 0. The number of rotatable bonds is 3. The van der Waals surface area contributed by atoms with Crippen LogP contribution in [0.15, 0.2) is 65.1 Å². The Bertz CT molecular complexity index is 562. The first-order valence-corrected chi connectivity index (χ1v) is 6.24. The maximum absolute atomic E-state index is 11.6. The number of carbonyl (C=O) groups is 1. The monoisotopic (exact) mass is 302 g/mol. The van der Waals surface area contributed by atoms with Gasteiger partial charge in [0.25, 0.3) is 0 Å². The van der Waals surface area contributed by atoms with Gasteiger partial charge >= 0.3 is 5.97 Å². The molecule has 2 rings (SSSR count). The zero-order chi connectivity index (χ0) is 12.8. The average molecular weight is 303 g/mol. The van der Waals surface area contributed by atoms with Gasteiger partial charge in [-0.15, -0.1) is 0 Å². The third kappa shape index (κ3) is 3.57. The van der Waals surface area contributed by atoms with Crippen LogP contribution in [-0.4, -0.2) is 5.97 Å². The molecule has 0 spiro atoms. The molecule has 0 amide bonds. The lowest BCUT2D eigenvalue weighted by atomic mass is 10.2. The molecule has 0 saturated heterocycles. The lowest BCUT2D eigenvalue weighted by Gasteiger charge is -2.02. The Kier molecular flexibility index (Phi) is 4.31.